The number of phenols is 1. The minimum absolute atomic E-state index is 0.0516. The first-order chi connectivity index (χ1) is 28.0. The highest BCUT2D eigenvalue weighted by Gasteiger charge is 2.62. The molecule has 2 fully saturated rings. The van der Waals surface area contributed by atoms with E-state index in [4.69, 9.17) is 33.2 Å². The monoisotopic (exact) mass is 810 g/mol. The Morgan fingerprint density at radius 3 is 2.62 bits per heavy atom. The summed E-state index contributed by atoms with van der Waals surface area (Å²) in [5.74, 6) is 1.90. The Hall–Kier alpha value is -5.14. The number of benzene rings is 3. The van der Waals surface area contributed by atoms with Crippen LogP contribution in [0.25, 0.3) is 0 Å². The highest BCUT2D eigenvalue weighted by atomic mass is 32.2. The molecule has 10 rings (SSSR count). The summed E-state index contributed by atoms with van der Waals surface area (Å²) in [6, 6.07) is 5.78. The number of carbonyl (C=O) groups excluding carboxylic acids is 2. The van der Waals surface area contributed by atoms with Crippen LogP contribution >= 0.6 is 11.8 Å². The Labute approximate surface area is 340 Å². The molecule has 0 amide bonds. The van der Waals surface area contributed by atoms with Crippen LogP contribution in [0.1, 0.15) is 68.8 Å². The van der Waals surface area contributed by atoms with Crippen LogP contribution in [-0.4, -0.2) is 98.5 Å². The number of phenolic OH excluding ortho intramolecular Hbond substituents is 1. The van der Waals surface area contributed by atoms with Gasteiger partial charge in [0.15, 0.2) is 40.0 Å². The normalized spacial score (nSPS) is 27.9. The van der Waals surface area contributed by atoms with Gasteiger partial charge in [-0.05, 0) is 68.1 Å². The molecule has 4 bridgehead atoms. The number of hydrogen-bond donors (Lipinski definition) is 2. The molecule has 1 unspecified atom stereocenters. The summed E-state index contributed by atoms with van der Waals surface area (Å²) in [5.41, 5.74) is 4.71. The molecular weight excluding hydrogens is 765 g/mol. The molecule has 7 atom stereocenters. The van der Waals surface area contributed by atoms with Crippen molar-refractivity contribution in [1.82, 2.24) is 15.1 Å². The van der Waals surface area contributed by atoms with Gasteiger partial charge in [-0.2, -0.15) is 5.26 Å². The van der Waals surface area contributed by atoms with Crippen molar-refractivity contribution in [2.75, 3.05) is 53.6 Å². The van der Waals surface area contributed by atoms with E-state index in [-0.39, 0.29) is 37.6 Å². The highest BCUT2D eigenvalue weighted by Crippen LogP contribution is 2.64. The average molecular weight is 811 g/mol. The number of ether oxygens (including phenoxy) is 7. The van der Waals surface area contributed by atoms with Gasteiger partial charge in [-0.25, -0.2) is 4.79 Å². The molecule has 14 nitrogen and oxygen atoms in total. The molecule has 7 aliphatic heterocycles. The third kappa shape index (κ3) is 5.41. The molecule has 0 radical (unpaired) electrons. The number of nitriles is 1. The van der Waals surface area contributed by atoms with Crippen molar-refractivity contribution < 1.29 is 47.9 Å². The molecule has 7 heterocycles. The number of aryl methyl sites for hydroxylation is 1. The Morgan fingerprint density at radius 2 is 1.90 bits per heavy atom. The van der Waals surface area contributed by atoms with E-state index in [0.29, 0.717) is 81.7 Å². The molecular formula is C43H46N4O10S. The predicted molar refractivity (Wildman–Crippen MR) is 212 cm³/mol. The smallest absolute Gasteiger partial charge is 0.331 e. The first kappa shape index (κ1) is 38.4. The van der Waals surface area contributed by atoms with Crippen molar-refractivity contribution in [2.24, 2.45) is 0 Å². The molecule has 2 saturated heterocycles. The van der Waals surface area contributed by atoms with Crippen molar-refractivity contribution in [2.45, 2.75) is 74.6 Å². The average Bonchev–Trinajstić information content (AvgIpc) is 3.70. The number of fused-ring (bicyclic) bond motifs is 9. The van der Waals surface area contributed by atoms with Crippen LogP contribution in [0.4, 0.5) is 0 Å². The standard InChI is InChI=1S/C43H46N4O10S/c1-8-11-53-30-14-23-9-10-45-43(25(23)15-29(30)51-6)18-58-41-33-32(40-39(55-19-56-40)21(3)38(33)57-22(4)48)28(17-54-42(43)50)47-27(16-44)26-13-24-12-20(2)37(52-7)36(49)31(24)34(35(41)47)46(26)5/h8,12,14-15,26-28,34-35,41,45,49H,1,9-11,13,17-19H2,2-7H3/t26-,27+,28-,34-,35?,41-,43-/m1/s1. The summed E-state index contributed by atoms with van der Waals surface area (Å²) in [4.78, 5) is 32.3. The Bertz CT molecular complexity index is 2310. The number of rotatable bonds is 6. The van der Waals surface area contributed by atoms with Gasteiger partial charge >= 0.3 is 11.9 Å². The maximum absolute atomic E-state index is 14.9. The molecule has 58 heavy (non-hydrogen) atoms. The molecule has 304 valence electrons. The number of nitrogens with zero attached hydrogens (tertiary/aromatic N) is 3. The summed E-state index contributed by atoms with van der Waals surface area (Å²) >= 11 is 1.51. The van der Waals surface area contributed by atoms with Gasteiger partial charge in [-0.15, -0.1) is 11.8 Å². The molecule has 2 N–H and O–H groups in total. The third-order valence-corrected chi connectivity index (χ3v) is 14.2. The first-order valence-electron chi connectivity index (χ1n) is 19.4. The minimum Gasteiger partial charge on any atom is -0.504 e. The van der Waals surface area contributed by atoms with Crippen molar-refractivity contribution in [3.63, 3.8) is 0 Å². The number of carbonyl (C=O) groups is 2. The zero-order valence-electron chi connectivity index (χ0n) is 33.3. The van der Waals surface area contributed by atoms with E-state index in [1.807, 2.05) is 33.0 Å². The molecule has 3 aromatic carbocycles. The second-order valence-electron chi connectivity index (χ2n) is 15.7. The highest BCUT2D eigenvalue weighted by molar-refractivity contribution is 7.99. The van der Waals surface area contributed by atoms with Gasteiger partial charge in [0.25, 0.3) is 0 Å². The van der Waals surface area contributed by atoms with Crippen LogP contribution in [0.2, 0.25) is 0 Å². The fraction of sp³-hybridized carbons (Fsp3) is 0.465. The van der Waals surface area contributed by atoms with E-state index in [1.54, 1.807) is 20.3 Å². The fourth-order valence-electron chi connectivity index (χ4n) is 10.4. The van der Waals surface area contributed by atoms with Crippen LogP contribution in [0.3, 0.4) is 0 Å². The summed E-state index contributed by atoms with van der Waals surface area (Å²) in [6.07, 6.45) is 2.78. The summed E-state index contributed by atoms with van der Waals surface area (Å²) < 4.78 is 42.6. The van der Waals surface area contributed by atoms with E-state index in [0.717, 1.165) is 16.7 Å². The number of esters is 2. The van der Waals surface area contributed by atoms with Crippen LogP contribution in [0.5, 0.6) is 40.2 Å². The quantitative estimate of drug-likeness (QED) is 0.198. The Kier molecular flexibility index (Phi) is 9.46. The van der Waals surface area contributed by atoms with Crippen LogP contribution in [0.15, 0.2) is 30.9 Å². The lowest BCUT2D eigenvalue weighted by molar-refractivity contribution is -0.157. The number of piperazine rings is 1. The van der Waals surface area contributed by atoms with Crippen molar-refractivity contribution in [3.05, 3.63) is 75.4 Å². The maximum atomic E-state index is 14.9. The second-order valence-corrected chi connectivity index (χ2v) is 16.8. The van der Waals surface area contributed by atoms with Crippen LogP contribution in [0, 0.1) is 25.2 Å². The number of aromatic hydroxyl groups is 1. The zero-order valence-corrected chi connectivity index (χ0v) is 34.1. The van der Waals surface area contributed by atoms with E-state index in [9.17, 15) is 20.0 Å². The predicted octanol–water partition coefficient (Wildman–Crippen LogP) is 4.85. The molecule has 15 heteroatoms. The Morgan fingerprint density at radius 1 is 1.10 bits per heavy atom. The van der Waals surface area contributed by atoms with Gasteiger partial charge in [0, 0.05) is 53.6 Å². The topological polar surface area (TPSA) is 161 Å². The lowest BCUT2D eigenvalue weighted by Gasteiger charge is -2.62. The maximum Gasteiger partial charge on any atom is 0.331 e. The lowest BCUT2D eigenvalue weighted by atomic mass is 9.71. The van der Waals surface area contributed by atoms with Crippen LogP contribution < -0.4 is 33.7 Å². The SMILES string of the molecule is C=CCOc1cc2c(cc1OC)[C@@]1(CS[C@@H]3c4c(OC(C)=O)c(C)c5c(c4[C@@H](COC1=O)N1C3[C@H]3c4c(cc(C)c(OC)c4O)C[C@H]([C@@H]1C#N)N3C)OCO5)NCC2. The van der Waals surface area contributed by atoms with Crippen molar-refractivity contribution in [1.29, 1.82) is 5.26 Å². The van der Waals surface area contributed by atoms with Gasteiger partial charge in [0.05, 0.1) is 37.6 Å². The van der Waals surface area contributed by atoms with Crippen molar-refractivity contribution >= 4 is 23.7 Å². The summed E-state index contributed by atoms with van der Waals surface area (Å²) in [6.45, 7) is 9.44. The van der Waals surface area contributed by atoms with E-state index >= 15 is 0 Å². The van der Waals surface area contributed by atoms with Crippen LogP contribution in [-0.2, 0) is 32.7 Å². The molecule has 1 spiro atoms. The summed E-state index contributed by atoms with van der Waals surface area (Å²) in [5, 5.41) is 26.3. The molecule has 0 aliphatic carbocycles. The number of methoxy groups -OCH3 is 2. The third-order valence-electron chi connectivity index (χ3n) is 12.8. The molecule has 3 aromatic rings. The van der Waals surface area contributed by atoms with Crippen molar-refractivity contribution in [3.8, 4) is 46.3 Å². The van der Waals surface area contributed by atoms with Gasteiger partial charge in [-0.1, -0.05) is 18.7 Å². The van der Waals surface area contributed by atoms with E-state index in [2.05, 4.69) is 33.8 Å². The number of nitrogens with one attached hydrogen (secondary N) is 1. The zero-order chi connectivity index (χ0) is 40.8. The number of likely N-dealkylation sites (N-methyl/N-ethyl adjacent to an activating group) is 1. The number of thioether (sulfide) groups is 1. The van der Waals surface area contributed by atoms with E-state index < -0.39 is 46.9 Å². The Balaban J connectivity index is 1.31. The van der Waals surface area contributed by atoms with Gasteiger partial charge in [0.1, 0.15) is 25.0 Å². The first-order valence-corrected chi connectivity index (χ1v) is 20.5. The molecule has 7 aliphatic rings. The summed E-state index contributed by atoms with van der Waals surface area (Å²) in [7, 11) is 5.11. The van der Waals surface area contributed by atoms with E-state index in [1.165, 1.54) is 18.7 Å². The molecule has 0 aromatic heterocycles. The van der Waals surface area contributed by atoms with Gasteiger partial charge in [0.2, 0.25) is 6.79 Å². The van der Waals surface area contributed by atoms with Gasteiger partial charge < -0.3 is 38.3 Å². The lowest BCUT2D eigenvalue weighted by Crippen LogP contribution is -2.69. The largest absolute Gasteiger partial charge is 0.504 e. The second kappa shape index (κ2) is 14.3. The minimum atomic E-state index is -1.33. The molecule has 0 saturated carbocycles. The number of hydrogen-bond acceptors (Lipinski definition) is 15. The fourth-order valence-corrected chi connectivity index (χ4v) is 12.1. The van der Waals surface area contributed by atoms with Gasteiger partial charge in [-0.3, -0.25) is 19.9 Å².